The number of aliphatic hydroxyl groups excluding tert-OH is 1. The van der Waals surface area contributed by atoms with Crippen LogP contribution in [0.25, 0.3) is 0 Å². The van der Waals surface area contributed by atoms with Crippen molar-refractivity contribution in [1.29, 1.82) is 0 Å². The first-order valence-electron chi connectivity index (χ1n) is 5.18. The van der Waals surface area contributed by atoms with Crippen LogP contribution in [0.1, 0.15) is 29.3 Å². The number of aromatic carboxylic acids is 1. The van der Waals surface area contributed by atoms with E-state index < -0.39 is 5.97 Å². The largest absolute Gasteiger partial charge is 0.478 e. The minimum absolute atomic E-state index is 0.214. The molecule has 88 valence electrons. The molecular weight excluding hydrogens is 224 g/mol. The zero-order chi connectivity index (χ0) is 12.0. The molecule has 1 aromatic rings. The highest BCUT2D eigenvalue weighted by molar-refractivity contribution is 7.99. The second kappa shape index (κ2) is 6.55. The first-order chi connectivity index (χ1) is 7.63. The molecule has 1 atom stereocenters. The molecule has 1 rings (SSSR count). The summed E-state index contributed by atoms with van der Waals surface area (Å²) in [4.78, 5) is 10.6. The Kier molecular flexibility index (Phi) is 5.35. The summed E-state index contributed by atoms with van der Waals surface area (Å²) in [5, 5.41) is 17.9. The number of aliphatic hydroxyl groups is 1. The van der Waals surface area contributed by atoms with Gasteiger partial charge in [0, 0.05) is 17.6 Å². The fourth-order valence-electron chi connectivity index (χ4n) is 1.25. The van der Waals surface area contributed by atoms with E-state index in [4.69, 9.17) is 10.2 Å². The van der Waals surface area contributed by atoms with Gasteiger partial charge in [0.25, 0.3) is 0 Å². The molecule has 0 fully saturated rings. The molecule has 0 bridgehead atoms. The zero-order valence-corrected chi connectivity index (χ0v) is 10.0. The molecule has 16 heavy (non-hydrogen) atoms. The third-order valence-electron chi connectivity index (χ3n) is 2.27. The SMILES string of the molecule is CC(CCO)SCc1ccc(C(=O)O)cc1. The van der Waals surface area contributed by atoms with Crippen molar-refractivity contribution in [3.8, 4) is 0 Å². The summed E-state index contributed by atoms with van der Waals surface area (Å²) in [5.74, 6) is -0.0472. The number of hydrogen-bond donors (Lipinski definition) is 2. The van der Waals surface area contributed by atoms with E-state index >= 15 is 0 Å². The number of thioether (sulfide) groups is 1. The number of carboxylic acids is 1. The molecule has 0 amide bonds. The van der Waals surface area contributed by atoms with Crippen LogP contribution in [0, 0.1) is 0 Å². The van der Waals surface area contributed by atoms with Crippen LogP contribution in [0.2, 0.25) is 0 Å². The van der Waals surface area contributed by atoms with Gasteiger partial charge in [0.1, 0.15) is 0 Å². The van der Waals surface area contributed by atoms with Crippen molar-refractivity contribution < 1.29 is 15.0 Å². The van der Waals surface area contributed by atoms with Gasteiger partial charge < -0.3 is 10.2 Å². The topological polar surface area (TPSA) is 57.5 Å². The Balaban J connectivity index is 2.46. The lowest BCUT2D eigenvalue weighted by atomic mass is 10.1. The van der Waals surface area contributed by atoms with Crippen molar-refractivity contribution in [2.24, 2.45) is 0 Å². The summed E-state index contributed by atoms with van der Waals surface area (Å²) in [6.07, 6.45) is 0.790. The Morgan fingerprint density at radius 3 is 2.50 bits per heavy atom. The van der Waals surface area contributed by atoms with E-state index in [1.165, 1.54) is 0 Å². The van der Waals surface area contributed by atoms with Gasteiger partial charge in [-0.1, -0.05) is 19.1 Å². The molecule has 3 nitrogen and oxygen atoms in total. The molecule has 0 aliphatic carbocycles. The molecule has 2 N–H and O–H groups in total. The fraction of sp³-hybridized carbons (Fsp3) is 0.417. The van der Waals surface area contributed by atoms with E-state index in [2.05, 4.69) is 6.92 Å². The highest BCUT2D eigenvalue weighted by Crippen LogP contribution is 2.19. The number of carbonyl (C=O) groups is 1. The van der Waals surface area contributed by atoms with Crippen LogP contribution in [0.5, 0.6) is 0 Å². The average molecular weight is 240 g/mol. The monoisotopic (exact) mass is 240 g/mol. The van der Waals surface area contributed by atoms with E-state index in [9.17, 15) is 4.79 Å². The van der Waals surface area contributed by atoms with E-state index in [0.717, 1.165) is 17.7 Å². The number of hydrogen-bond acceptors (Lipinski definition) is 3. The molecular formula is C12H16O3S. The molecule has 0 spiro atoms. The lowest BCUT2D eigenvalue weighted by Gasteiger charge is -2.09. The maximum Gasteiger partial charge on any atom is 0.335 e. The van der Waals surface area contributed by atoms with Crippen LogP contribution in [-0.4, -0.2) is 28.0 Å². The summed E-state index contributed by atoms with van der Waals surface area (Å²) >= 11 is 1.76. The summed E-state index contributed by atoms with van der Waals surface area (Å²) in [6, 6.07) is 6.91. The lowest BCUT2D eigenvalue weighted by Crippen LogP contribution is -2.00. The van der Waals surface area contributed by atoms with Crippen LogP contribution in [0.4, 0.5) is 0 Å². The van der Waals surface area contributed by atoms with Gasteiger partial charge in [-0.3, -0.25) is 0 Å². The highest BCUT2D eigenvalue weighted by atomic mass is 32.2. The van der Waals surface area contributed by atoms with Crippen molar-refractivity contribution >= 4 is 17.7 Å². The number of benzene rings is 1. The minimum atomic E-state index is -0.896. The molecule has 0 heterocycles. The lowest BCUT2D eigenvalue weighted by molar-refractivity contribution is 0.0697. The Morgan fingerprint density at radius 1 is 1.38 bits per heavy atom. The molecule has 0 aliphatic rings. The van der Waals surface area contributed by atoms with Crippen LogP contribution >= 0.6 is 11.8 Å². The van der Waals surface area contributed by atoms with Gasteiger partial charge in [0.2, 0.25) is 0 Å². The van der Waals surface area contributed by atoms with Gasteiger partial charge >= 0.3 is 5.97 Å². The molecule has 1 aromatic carbocycles. The van der Waals surface area contributed by atoms with Crippen LogP contribution < -0.4 is 0 Å². The first-order valence-corrected chi connectivity index (χ1v) is 6.23. The van der Waals surface area contributed by atoms with Gasteiger partial charge in [0.15, 0.2) is 0 Å². The second-order valence-corrected chi connectivity index (χ2v) is 5.06. The van der Waals surface area contributed by atoms with Gasteiger partial charge in [-0.2, -0.15) is 11.8 Å². The summed E-state index contributed by atoms with van der Waals surface area (Å²) < 4.78 is 0. The van der Waals surface area contributed by atoms with Crippen LogP contribution in [0.3, 0.4) is 0 Å². The van der Waals surface area contributed by atoms with Crippen molar-refractivity contribution in [2.75, 3.05) is 6.61 Å². The van der Waals surface area contributed by atoms with E-state index in [1.54, 1.807) is 23.9 Å². The third kappa shape index (κ3) is 4.24. The molecule has 1 unspecified atom stereocenters. The smallest absolute Gasteiger partial charge is 0.335 e. The predicted octanol–water partition coefficient (Wildman–Crippen LogP) is 2.39. The van der Waals surface area contributed by atoms with Crippen LogP contribution in [-0.2, 0) is 5.75 Å². The van der Waals surface area contributed by atoms with Crippen molar-refractivity contribution in [2.45, 2.75) is 24.3 Å². The van der Waals surface area contributed by atoms with E-state index in [1.807, 2.05) is 12.1 Å². The first kappa shape index (κ1) is 13.1. The molecule has 0 saturated heterocycles. The molecule has 0 aliphatic heterocycles. The predicted molar refractivity (Wildman–Crippen MR) is 65.9 cm³/mol. The van der Waals surface area contributed by atoms with Gasteiger partial charge in [-0.25, -0.2) is 4.79 Å². The Hall–Kier alpha value is -1.00. The Labute approximate surface area is 99.5 Å². The average Bonchev–Trinajstić information content (AvgIpc) is 2.27. The number of rotatable bonds is 6. The Morgan fingerprint density at radius 2 is 2.00 bits per heavy atom. The minimum Gasteiger partial charge on any atom is -0.478 e. The molecule has 0 radical (unpaired) electrons. The fourth-order valence-corrected chi connectivity index (χ4v) is 2.19. The molecule has 0 aromatic heterocycles. The zero-order valence-electron chi connectivity index (χ0n) is 9.22. The third-order valence-corrected chi connectivity index (χ3v) is 3.58. The normalized spacial score (nSPS) is 12.4. The van der Waals surface area contributed by atoms with E-state index in [-0.39, 0.29) is 6.61 Å². The summed E-state index contributed by atoms with van der Waals surface area (Å²) in [5.41, 5.74) is 1.43. The standard InChI is InChI=1S/C12H16O3S/c1-9(6-7-13)16-8-10-2-4-11(5-3-10)12(14)15/h2-5,9,13H,6-8H2,1H3,(H,14,15). The molecule has 0 saturated carbocycles. The van der Waals surface area contributed by atoms with Gasteiger partial charge in [-0.05, 0) is 24.1 Å². The second-order valence-electron chi connectivity index (χ2n) is 3.64. The van der Waals surface area contributed by atoms with Crippen molar-refractivity contribution in [3.05, 3.63) is 35.4 Å². The maximum absolute atomic E-state index is 10.6. The number of carboxylic acid groups (broad SMARTS) is 1. The van der Waals surface area contributed by atoms with E-state index in [0.29, 0.717) is 10.8 Å². The molecule has 4 heteroatoms. The Bertz CT molecular complexity index is 335. The van der Waals surface area contributed by atoms with Gasteiger partial charge in [0.05, 0.1) is 5.56 Å². The quantitative estimate of drug-likeness (QED) is 0.801. The van der Waals surface area contributed by atoms with Crippen molar-refractivity contribution in [3.63, 3.8) is 0 Å². The highest BCUT2D eigenvalue weighted by Gasteiger charge is 2.04. The summed E-state index contributed by atoms with van der Waals surface area (Å²) in [7, 11) is 0. The summed E-state index contributed by atoms with van der Waals surface area (Å²) in [6.45, 7) is 2.29. The van der Waals surface area contributed by atoms with Crippen molar-refractivity contribution in [1.82, 2.24) is 0 Å². The maximum atomic E-state index is 10.6. The van der Waals surface area contributed by atoms with Gasteiger partial charge in [-0.15, -0.1) is 0 Å². The van der Waals surface area contributed by atoms with Crippen LogP contribution in [0.15, 0.2) is 24.3 Å².